The summed E-state index contributed by atoms with van der Waals surface area (Å²) in [5.41, 5.74) is 3.93. The van der Waals surface area contributed by atoms with Gasteiger partial charge >= 0.3 is 0 Å². The molecule has 0 aliphatic carbocycles. The highest BCUT2D eigenvalue weighted by molar-refractivity contribution is 5.83. The number of nitrogens with zero attached hydrogens (tertiary/aromatic N) is 5. The molecule has 1 unspecified atom stereocenters. The summed E-state index contributed by atoms with van der Waals surface area (Å²) in [4.78, 5) is 22.9. The minimum atomic E-state index is 0.367. The maximum Gasteiger partial charge on any atom is 0.182 e. The summed E-state index contributed by atoms with van der Waals surface area (Å²) in [5, 5.41) is 1.22. The van der Waals surface area contributed by atoms with Gasteiger partial charge in [0.15, 0.2) is 11.5 Å². The zero-order valence-electron chi connectivity index (χ0n) is 14.9. The van der Waals surface area contributed by atoms with Crippen LogP contribution in [-0.2, 0) is 11.2 Å². The number of ether oxygens (including phenoxy) is 1. The van der Waals surface area contributed by atoms with Gasteiger partial charge in [-0.2, -0.15) is 0 Å². The number of benzene rings is 1. The van der Waals surface area contributed by atoms with Crippen LogP contribution in [0.5, 0.6) is 0 Å². The second-order valence-corrected chi connectivity index (χ2v) is 6.88. The van der Waals surface area contributed by atoms with Gasteiger partial charge in [0, 0.05) is 30.6 Å². The fourth-order valence-electron chi connectivity index (χ4n) is 3.84. The molecule has 1 fully saturated rings. The highest BCUT2D eigenvalue weighted by Crippen LogP contribution is 2.25. The molecule has 1 aliphatic rings. The number of fused-ring (bicyclic) bond motifs is 2. The highest BCUT2D eigenvalue weighted by atomic mass is 16.5. The van der Waals surface area contributed by atoms with Crippen molar-refractivity contribution in [2.24, 2.45) is 5.92 Å². The summed E-state index contributed by atoms with van der Waals surface area (Å²) in [7, 11) is 0. The average Bonchev–Trinajstić information content (AvgIpc) is 3.08. The van der Waals surface area contributed by atoms with Crippen LogP contribution in [0.4, 0.5) is 5.82 Å². The van der Waals surface area contributed by atoms with Gasteiger partial charge in [-0.15, -0.1) is 0 Å². The van der Waals surface area contributed by atoms with Crippen molar-refractivity contribution in [3.63, 3.8) is 0 Å². The number of pyridine rings is 1. The predicted molar refractivity (Wildman–Crippen MR) is 104 cm³/mol. The Labute approximate surface area is 156 Å². The van der Waals surface area contributed by atoms with Gasteiger partial charge in [-0.3, -0.25) is 4.98 Å². The third kappa shape index (κ3) is 3.10. The molecule has 7 heteroatoms. The molecule has 4 heterocycles. The maximum absolute atomic E-state index is 5.91. The normalized spacial score (nSPS) is 18.1. The summed E-state index contributed by atoms with van der Waals surface area (Å²) in [6.07, 6.45) is 6.03. The monoisotopic (exact) mass is 360 g/mol. The molecule has 1 saturated heterocycles. The fraction of sp³-hybridized carbons (Fsp3) is 0.300. The second kappa shape index (κ2) is 6.92. The molecule has 4 aromatic rings. The maximum atomic E-state index is 5.91. The zero-order chi connectivity index (χ0) is 18.1. The van der Waals surface area contributed by atoms with E-state index in [-0.39, 0.29) is 0 Å². The lowest BCUT2D eigenvalue weighted by Gasteiger charge is -2.25. The SMILES string of the molecule is c1cc(CC2COCCN(c3ncnc4nc[nH]c34)C2)c2cccnc2c1. The summed E-state index contributed by atoms with van der Waals surface area (Å²) < 4.78 is 5.91. The van der Waals surface area contributed by atoms with Crippen molar-refractivity contribution < 1.29 is 4.74 Å². The van der Waals surface area contributed by atoms with Crippen LogP contribution in [-0.4, -0.2) is 51.2 Å². The Morgan fingerprint density at radius 1 is 1.11 bits per heavy atom. The third-order valence-electron chi connectivity index (χ3n) is 5.08. The van der Waals surface area contributed by atoms with Crippen molar-refractivity contribution in [1.82, 2.24) is 24.9 Å². The van der Waals surface area contributed by atoms with E-state index >= 15 is 0 Å². The topological polar surface area (TPSA) is 79.8 Å². The lowest BCUT2D eigenvalue weighted by Crippen LogP contribution is -2.31. The van der Waals surface area contributed by atoms with Crippen molar-refractivity contribution in [3.8, 4) is 0 Å². The standard InChI is InChI=1S/C20H20N6O/c1-3-15(16-4-2-6-21-17(16)5-1)9-14-10-26(7-8-27-11-14)20-18-19(23-12-22-18)24-13-25-20/h1-6,12-14H,7-11H2,(H,22,23,24,25). The summed E-state index contributed by atoms with van der Waals surface area (Å²) in [6.45, 7) is 3.11. The van der Waals surface area contributed by atoms with E-state index in [4.69, 9.17) is 4.74 Å². The van der Waals surface area contributed by atoms with E-state index in [1.807, 2.05) is 12.3 Å². The lowest BCUT2D eigenvalue weighted by atomic mass is 9.96. The predicted octanol–water partition coefficient (Wildman–Crippen LogP) is 2.60. The quantitative estimate of drug-likeness (QED) is 0.605. The number of aromatic amines is 1. The molecule has 5 rings (SSSR count). The Bertz CT molecular complexity index is 1070. The Morgan fingerprint density at radius 2 is 2.11 bits per heavy atom. The van der Waals surface area contributed by atoms with Gasteiger partial charge in [0.25, 0.3) is 0 Å². The van der Waals surface area contributed by atoms with E-state index in [1.54, 1.807) is 12.7 Å². The molecule has 0 spiro atoms. The van der Waals surface area contributed by atoms with Gasteiger partial charge in [-0.1, -0.05) is 18.2 Å². The van der Waals surface area contributed by atoms with Crippen LogP contribution in [0, 0.1) is 5.92 Å². The summed E-state index contributed by atoms with van der Waals surface area (Å²) in [6, 6.07) is 10.5. The van der Waals surface area contributed by atoms with E-state index in [9.17, 15) is 0 Å². The van der Waals surface area contributed by atoms with Crippen LogP contribution in [0.3, 0.4) is 0 Å². The molecule has 1 N–H and O–H groups in total. The fourth-order valence-corrected chi connectivity index (χ4v) is 3.84. The number of anilines is 1. The van der Waals surface area contributed by atoms with Crippen LogP contribution in [0.15, 0.2) is 49.2 Å². The van der Waals surface area contributed by atoms with Crippen LogP contribution in [0.1, 0.15) is 5.56 Å². The van der Waals surface area contributed by atoms with E-state index < -0.39 is 0 Å². The number of imidazole rings is 1. The average molecular weight is 360 g/mol. The highest BCUT2D eigenvalue weighted by Gasteiger charge is 2.23. The smallest absolute Gasteiger partial charge is 0.182 e. The van der Waals surface area contributed by atoms with E-state index in [1.165, 1.54) is 10.9 Å². The molecule has 136 valence electrons. The Morgan fingerprint density at radius 3 is 3.11 bits per heavy atom. The molecule has 0 bridgehead atoms. The molecule has 3 aromatic heterocycles. The van der Waals surface area contributed by atoms with Gasteiger partial charge in [-0.25, -0.2) is 15.0 Å². The van der Waals surface area contributed by atoms with Gasteiger partial charge in [0.05, 0.1) is 25.1 Å². The third-order valence-corrected chi connectivity index (χ3v) is 5.08. The molecule has 1 aromatic carbocycles. The number of aromatic nitrogens is 5. The van der Waals surface area contributed by atoms with Crippen LogP contribution in [0.2, 0.25) is 0 Å². The number of H-pyrrole nitrogens is 1. The van der Waals surface area contributed by atoms with Gasteiger partial charge < -0.3 is 14.6 Å². The zero-order valence-corrected chi connectivity index (χ0v) is 14.9. The molecule has 0 radical (unpaired) electrons. The number of nitrogens with one attached hydrogen (secondary N) is 1. The molecule has 7 nitrogen and oxygen atoms in total. The van der Waals surface area contributed by atoms with Crippen LogP contribution >= 0.6 is 0 Å². The van der Waals surface area contributed by atoms with Gasteiger partial charge in [-0.05, 0) is 24.1 Å². The molecule has 27 heavy (non-hydrogen) atoms. The van der Waals surface area contributed by atoms with E-state index in [0.717, 1.165) is 43.0 Å². The van der Waals surface area contributed by atoms with Gasteiger partial charge in [0.1, 0.15) is 11.8 Å². The Hall–Kier alpha value is -3.06. The lowest BCUT2D eigenvalue weighted by molar-refractivity contribution is 0.124. The number of hydrogen-bond donors (Lipinski definition) is 1. The van der Waals surface area contributed by atoms with Crippen LogP contribution < -0.4 is 4.90 Å². The van der Waals surface area contributed by atoms with E-state index in [0.29, 0.717) is 18.2 Å². The number of hydrogen-bond acceptors (Lipinski definition) is 6. The van der Waals surface area contributed by atoms with Crippen molar-refractivity contribution in [3.05, 3.63) is 54.7 Å². The van der Waals surface area contributed by atoms with Crippen molar-refractivity contribution in [2.45, 2.75) is 6.42 Å². The van der Waals surface area contributed by atoms with Gasteiger partial charge in [0.2, 0.25) is 0 Å². The first-order chi connectivity index (χ1) is 13.4. The molecular formula is C20H20N6O. The van der Waals surface area contributed by atoms with Crippen molar-refractivity contribution >= 4 is 27.9 Å². The largest absolute Gasteiger partial charge is 0.379 e. The molecule has 0 amide bonds. The Balaban J connectivity index is 1.44. The first-order valence-electron chi connectivity index (χ1n) is 9.18. The number of rotatable bonds is 3. The second-order valence-electron chi connectivity index (χ2n) is 6.88. The van der Waals surface area contributed by atoms with Crippen LogP contribution in [0.25, 0.3) is 22.1 Å². The summed E-state index contributed by atoms with van der Waals surface area (Å²) >= 11 is 0. The van der Waals surface area contributed by atoms with E-state index in [2.05, 4.69) is 54.1 Å². The summed E-state index contributed by atoms with van der Waals surface area (Å²) in [5.74, 6) is 1.26. The molecule has 1 atom stereocenters. The molecule has 1 aliphatic heterocycles. The minimum Gasteiger partial charge on any atom is -0.379 e. The Kier molecular flexibility index (Phi) is 4.14. The first kappa shape index (κ1) is 16.1. The first-order valence-corrected chi connectivity index (χ1v) is 9.18. The van der Waals surface area contributed by atoms with Crippen molar-refractivity contribution in [2.75, 3.05) is 31.2 Å². The molecule has 0 saturated carbocycles. The van der Waals surface area contributed by atoms with Crippen molar-refractivity contribution in [1.29, 1.82) is 0 Å². The molecular weight excluding hydrogens is 340 g/mol. The minimum absolute atomic E-state index is 0.367.